The Bertz CT molecular complexity index is 397. The molecule has 2 heterocycles. The molecule has 72 valence electrons. The molecular formula is C8H10N6. The molecule has 0 unspecified atom stereocenters. The molecule has 0 aliphatic carbocycles. The third kappa shape index (κ3) is 1.50. The summed E-state index contributed by atoms with van der Waals surface area (Å²) in [5, 5.41) is 5.14. The number of hydrogen-bond acceptors (Lipinski definition) is 6. The summed E-state index contributed by atoms with van der Waals surface area (Å²) in [6, 6.07) is 3.63. The SMILES string of the molecule is Nc1ncccc1C1=NN(N)NC=C1. The Morgan fingerprint density at radius 3 is 3.00 bits per heavy atom. The van der Waals surface area contributed by atoms with Crippen LogP contribution in [0, 0.1) is 0 Å². The largest absolute Gasteiger partial charge is 0.383 e. The average Bonchev–Trinajstić information content (AvgIpc) is 2.18. The molecule has 0 saturated carbocycles. The Morgan fingerprint density at radius 2 is 2.29 bits per heavy atom. The lowest BCUT2D eigenvalue weighted by Gasteiger charge is -2.17. The summed E-state index contributed by atoms with van der Waals surface area (Å²) < 4.78 is 0. The highest BCUT2D eigenvalue weighted by Crippen LogP contribution is 2.10. The minimum atomic E-state index is 0.436. The number of rotatable bonds is 1. The maximum Gasteiger partial charge on any atom is 0.132 e. The highest BCUT2D eigenvalue weighted by atomic mass is 15.8. The van der Waals surface area contributed by atoms with E-state index in [4.69, 9.17) is 11.6 Å². The van der Waals surface area contributed by atoms with Gasteiger partial charge in [0, 0.05) is 18.0 Å². The normalized spacial score (nSPS) is 14.9. The number of anilines is 1. The number of hydrazine groups is 2. The molecule has 0 fully saturated rings. The van der Waals surface area contributed by atoms with Crippen LogP contribution in [-0.2, 0) is 0 Å². The van der Waals surface area contributed by atoms with E-state index in [-0.39, 0.29) is 0 Å². The smallest absolute Gasteiger partial charge is 0.132 e. The summed E-state index contributed by atoms with van der Waals surface area (Å²) in [6.45, 7) is 0. The molecule has 0 atom stereocenters. The van der Waals surface area contributed by atoms with E-state index in [1.54, 1.807) is 24.5 Å². The second-order valence-corrected chi connectivity index (χ2v) is 2.73. The van der Waals surface area contributed by atoms with Crippen LogP contribution in [0.25, 0.3) is 0 Å². The first-order chi connectivity index (χ1) is 6.77. The van der Waals surface area contributed by atoms with Gasteiger partial charge in [-0.25, -0.2) is 10.8 Å². The Kier molecular flexibility index (Phi) is 2.04. The fourth-order valence-corrected chi connectivity index (χ4v) is 1.15. The van der Waals surface area contributed by atoms with Crippen molar-refractivity contribution in [2.75, 3.05) is 5.73 Å². The minimum absolute atomic E-state index is 0.436. The van der Waals surface area contributed by atoms with Crippen LogP contribution in [0.5, 0.6) is 0 Å². The van der Waals surface area contributed by atoms with E-state index >= 15 is 0 Å². The number of nitrogens with two attached hydrogens (primary N) is 2. The van der Waals surface area contributed by atoms with Crippen molar-refractivity contribution in [3.8, 4) is 0 Å². The van der Waals surface area contributed by atoms with Gasteiger partial charge in [0.05, 0.1) is 5.71 Å². The van der Waals surface area contributed by atoms with Gasteiger partial charge in [0.25, 0.3) is 0 Å². The first kappa shape index (κ1) is 8.52. The van der Waals surface area contributed by atoms with E-state index in [2.05, 4.69) is 15.5 Å². The van der Waals surface area contributed by atoms with Gasteiger partial charge >= 0.3 is 0 Å². The van der Waals surface area contributed by atoms with Crippen LogP contribution < -0.4 is 17.0 Å². The highest BCUT2D eigenvalue weighted by molar-refractivity contribution is 6.11. The fraction of sp³-hybridized carbons (Fsp3) is 0. The Morgan fingerprint density at radius 1 is 1.43 bits per heavy atom. The Hall–Kier alpha value is -2.08. The summed E-state index contributed by atoms with van der Waals surface area (Å²) in [7, 11) is 0. The third-order valence-corrected chi connectivity index (χ3v) is 1.78. The molecule has 1 aromatic rings. The van der Waals surface area contributed by atoms with Crippen LogP contribution in [0.15, 0.2) is 35.7 Å². The van der Waals surface area contributed by atoms with Crippen molar-refractivity contribution >= 4 is 11.5 Å². The lowest BCUT2D eigenvalue weighted by atomic mass is 10.1. The number of pyridine rings is 1. The molecule has 6 nitrogen and oxygen atoms in total. The summed E-state index contributed by atoms with van der Waals surface area (Å²) in [6.07, 6.45) is 5.08. The zero-order chi connectivity index (χ0) is 9.97. The minimum Gasteiger partial charge on any atom is -0.383 e. The zero-order valence-corrected chi connectivity index (χ0v) is 7.38. The van der Waals surface area contributed by atoms with Gasteiger partial charge in [-0.3, -0.25) is 5.43 Å². The number of nitrogens with one attached hydrogen (secondary N) is 1. The van der Waals surface area contributed by atoms with Crippen molar-refractivity contribution < 1.29 is 0 Å². The lowest BCUT2D eigenvalue weighted by Crippen LogP contribution is -2.39. The molecule has 1 aliphatic rings. The van der Waals surface area contributed by atoms with Crippen LogP contribution in [0.3, 0.4) is 0 Å². The van der Waals surface area contributed by atoms with Crippen molar-refractivity contribution in [2.45, 2.75) is 0 Å². The van der Waals surface area contributed by atoms with Crippen molar-refractivity contribution in [3.05, 3.63) is 36.2 Å². The first-order valence-corrected chi connectivity index (χ1v) is 4.04. The molecule has 0 aromatic carbocycles. The Labute approximate surface area is 80.8 Å². The molecular weight excluding hydrogens is 180 g/mol. The van der Waals surface area contributed by atoms with Crippen LogP contribution in [0.2, 0.25) is 0 Å². The molecule has 14 heavy (non-hydrogen) atoms. The molecule has 5 N–H and O–H groups in total. The fourth-order valence-electron chi connectivity index (χ4n) is 1.15. The second-order valence-electron chi connectivity index (χ2n) is 2.73. The molecule has 1 aromatic heterocycles. The average molecular weight is 190 g/mol. The van der Waals surface area contributed by atoms with Gasteiger partial charge in [-0.05, 0) is 18.2 Å². The molecule has 2 rings (SSSR count). The third-order valence-electron chi connectivity index (χ3n) is 1.78. The van der Waals surface area contributed by atoms with E-state index in [1.165, 1.54) is 0 Å². The number of nitrogens with zero attached hydrogens (tertiary/aromatic N) is 3. The summed E-state index contributed by atoms with van der Waals surface area (Å²) in [5.74, 6) is 5.87. The lowest BCUT2D eigenvalue weighted by molar-refractivity contribution is 0.237. The molecule has 1 aliphatic heterocycles. The molecule has 0 radical (unpaired) electrons. The van der Waals surface area contributed by atoms with Gasteiger partial charge in [-0.2, -0.15) is 0 Å². The van der Waals surface area contributed by atoms with Crippen molar-refractivity contribution in [3.63, 3.8) is 0 Å². The van der Waals surface area contributed by atoms with E-state index in [0.717, 1.165) is 10.8 Å². The summed E-state index contributed by atoms with van der Waals surface area (Å²) in [4.78, 5) is 3.96. The Balaban J connectivity index is 2.40. The quantitative estimate of drug-likeness (QED) is 0.523. The standard InChI is InChI=1S/C8H10N6/c9-8-6(2-1-4-11-8)7-3-5-12-14(10)13-7/h1-5,12H,10H2,(H2,9,11). The zero-order valence-electron chi connectivity index (χ0n) is 7.38. The highest BCUT2D eigenvalue weighted by Gasteiger charge is 2.08. The van der Waals surface area contributed by atoms with Crippen molar-refractivity contribution in [2.24, 2.45) is 10.9 Å². The predicted molar refractivity (Wildman–Crippen MR) is 53.5 cm³/mol. The van der Waals surface area contributed by atoms with E-state index in [0.29, 0.717) is 11.5 Å². The number of aromatic nitrogens is 1. The van der Waals surface area contributed by atoms with E-state index in [9.17, 15) is 0 Å². The molecule has 0 bridgehead atoms. The van der Waals surface area contributed by atoms with Crippen LogP contribution in [-0.4, -0.2) is 15.9 Å². The van der Waals surface area contributed by atoms with Crippen LogP contribution in [0.1, 0.15) is 5.56 Å². The maximum absolute atomic E-state index is 5.69. The van der Waals surface area contributed by atoms with Gasteiger partial charge in [0.1, 0.15) is 5.82 Å². The monoisotopic (exact) mass is 190 g/mol. The van der Waals surface area contributed by atoms with Gasteiger partial charge < -0.3 is 5.73 Å². The van der Waals surface area contributed by atoms with Crippen molar-refractivity contribution in [1.29, 1.82) is 0 Å². The van der Waals surface area contributed by atoms with Crippen LogP contribution in [0.4, 0.5) is 5.82 Å². The molecule has 0 spiro atoms. The van der Waals surface area contributed by atoms with Crippen molar-refractivity contribution in [1.82, 2.24) is 15.6 Å². The van der Waals surface area contributed by atoms with Gasteiger partial charge in [0.2, 0.25) is 0 Å². The number of allylic oxidation sites excluding steroid dienone is 1. The number of hydrogen-bond donors (Lipinski definition) is 3. The molecule has 0 amide bonds. The topological polar surface area (TPSA) is 92.6 Å². The summed E-state index contributed by atoms with van der Waals surface area (Å²) in [5.41, 5.74) is 9.82. The van der Waals surface area contributed by atoms with Gasteiger partial charge in [-0.1, -0.05) is 0 Å². The van der Waals surface area contributed by atoms with Crippen LogP contribution >= 0.6 is 0 Å². The maximum atomic E-state index is 5.69. The van der Waals surface area contributed by atoms with E-state index in [1.807, 2.05) is 6.07 Å². The van der Waals surface area contributed by atoms with Gasteiger partial charge in [-0.15, -0.1) is 10.3 Å². The molecule has 6 heteroatoms. The predicted octanol–water partition coefficient (Wildman–Crippen LogP) is -0.425. The first-order valence-electron chi connectivity index (χ1n) is 4.04. The summed E-state index contributed by atoms with van der Waals surface area (Å²) >= 11 is 0. The molecule has 0 saturated heterocycles. The number of nitrogen functional groups attached to an aromatic ring is 1. The van der Waals surface area contributed by atoms with Gasteiger partial charge in [0.15, 0.2) is 0 Å². The number of hydrazone groups is 1. The van der Waals surface area contributed by atoms with E-state index < -0.39 is 0 Å². The second kappa shape index (κ2) is 3.35.